The maximum atomic E-state index is 13.1. The Morgan fingerprint density at radius 1 is 0.267 bits per heavy atom. The summed E-state index contributed by atoms with van der Waals surface area (Å²) in [4.78, 5) is 26.2. The first-order chi connectivity index (χ1) is 14.8. The third-order valence-corrected chi connectivity index (χ3v) is 16.8. The molecule has 0 heterocycles. The fourth-order valence-corrected chi connectivity index (χ4v) is 18.7. The molecule has 16 fully saturated rings. The van der Waals surface area contributed by atoms with Gasteiger partial charge in [0.2, 0.25) is 0 Å². The molecule has 16 atom stereocenters. The summed E-state index contributed by atoms with van der Waals surface area (Å²) < 4.78 is 0. The Bertz CT molecular complexity index is 997. The molecule has 2 nitrogen and oxygen atoms in total. The van der Waals surface area contributed by atoms with E-state index in [0.29, 0.717) is 23.7 Å². The van der Waals surface area contributed by atoms with Gasteiger partial charge in [0.15, 0.2) is 0 Å². The Morgan fingerprint density at radius 2 is 0.433 bits per heavy atom. The van der Waals surface area contributed by atoms with Crippen LogP contribution in [-0.2, 0) is 9.59 Å². The van der Waals surface area contributed by atoms with Gasteiger partial charge in [0, 0.05) is 23.7 Å². The number of hydrogen-bond acceptors (Lipinski definition) is 2. The molecule has 16 aliphatic carbocycles. The molecule has 0 saturated heterocycles. The molecule has 0 radical (unpaired) electrons. The normalized spacial score (nSPS) is 91.3. The molecule has 8 bridgehead atoms. The third kappa shape index (κ3) is 0.693. The smallest absolute Gasteiger partial charge is 0.140 e. The molecule has 0 spiro atoms. The van der Waals surface area contributed by atoms with Gasteiger partial charge in [-0.05, 0) is 118 Å². The number of carbonyl (C=O) groups excluding carboxylic acids is 2. The summed E-state index contributed by atoms with van der Waals surface area (Å²) in [6.07, 6.45) is 0. The molecule has 2 heteroatoms. The first-order valence-electron chi connectivity index (χ1n) is 13.6. The summed E-state index contributed by atoms with van der Waals surface area (Å²) in [5, 5.41) is 0. The molecular formula is C28H24O2. The van der Waals surface area contributed by atoms with E-state index in [4.69, 9.17) is 0 Å². The summed E-state index contributed by atoms with van der Waals surface area (Å²) in [5.41, 5.74) is 4.26. The van der Waals surface area contributed by atoms with Crippen molar-refractivity contribution in [3.05, 3.63) is 11.1 Å². The van der Waals surface area contributed by atoms with Crippen molar-refractivity contribution in [1.29, 1.82) is 0 Å². The number of ketones is 2. The number of hydrogen-bond donors (Lipinski definition) is 0. The molecule has 30 heavy (non-hydrogen) atoms. The van der Waals surface area contributed by atoms with Gasteiger partial charge in [-0.3, -0.25) is 9.59 Å². The molecular weight excluding hydrogens is 368 g/mol. The van der Waals surface area contributed by atoms with E-state index in [9.17, 15) is 9.59 Å². The van der Waals surface area contributed by atoms with Crippen molar-refractivity contribution in [3.63, 3.8) is 0 Å². The highest BCUT2D eigenvalue weighted by Gasteiger charge is 2.95. The Balaban J connectivity index is 1.07. The summed E-state index contributed by atoms with van der Waals surface area (Å²) in [6.45, 7) is 0. The van der Waals surface area contributed by atoms with Crippen LogP contribution in [0.2, 0.25) is 0 Å². The second kappa shape index (κ2) is 2.98. The van der Waals surface area contributed by atoms with E-state index in [1.807, 2.05) is 0 Å². The Labute approximate surface area is 174 Å². The van der Waals surface area contributed by atoms with Crippen LogP contribution in [0.3, 0.4) is 0 Å². The third-order valence-electron chi connectivity index (χ3n) is 16.8. The average molecular weight is 392 g/mol. The van der Waals surface area contributed by atoms with Crippen molar-refractivity contribution in [3.8, 4) is 0 Å². The highest BCUT2D eigenvalue weighted by atomic mass is 16.1. The number of Topliss-reactive ketones (excluding diaryl/α,β-unsaturated/α-hetero) is 2. The van der Waals surface area contributed by atoms with Crippen LogP contribution >= 0.6 is 0 Å². The zero-order valence-corrected chi connectivity index (χ0v) is 16.7. The van der Waals surface area contributed by atoms with Crippen molar-refractivity contribution in [2.45, 2.75) is 0 Å². The lowest BCUT2D eigenvalue weighted by Crippen LogP contribution is -2.21. The standard InChI is InChI=1S/C28H24O2/c29-27-23-15-7-3-1(4-9(7)17(23)18-10(4)8(3)16(15)24(18)27)2-5-11-13-6(2)14-12(5)20-19(11)25-21(13)22(14)26(20)28(25)30/h3-26H. The van der Waals surface area contributed by atoms with Crippen LogP contribution < -0.4 is 0 Å². The molecule has 0 aromatic rings. The van der Waals surface area contributed by atoms with Crippen molar-refractivity contribution in [1.82, 2.24) is 0 Å². The summed E-state index contributed by atoms with van der Waals surface area (Å²) >= 11 is 0. The van der Waals surface area contributed by atoms with Gasteiger partial charge in [-0.1, -0.05) is 11.1 Å². The van der Waals surface area contributed by atoms with E-state index in [1.54, 1.807) is 0 Å². The molecule has 0 aromatic heterocycles. The molecule has 16 saturated carbocycles. The quantitative estimate of drug-likeness (QED) is 0.594. The summed E-state index contributed by atoms with van der Waals surface area (Å²) in [7, 11) is 0. The largest absolute Gasteiger partial charge is 0.299 e. The maximum absolute atomic E-state index is 13.1. The van der Waals surface area contributed by atoms with Gasteiger partial charge >= 0.3 is 0 Å². The van der Waals surface area contributed by atoms with E-state index >= 15 is 0 Å². The highest BCUT2D eigenvalue weighted by Crippen LogP contribution is 2.97. The van der Waals surface area contributed by atoms with Gasteiger partial charge in [-0.2, -0.15) is 0 Å². The molecule has 0 aromatic carbocycles. The van der Waals surface area contributed by atoms with Gasteiger partial charge in [-0.15, -0.1) is 0 Å². The highest BCUT2D eigenvalue weighted by molar-refractivity contribution is 5.93. The van der Waals surface area contributed by atoms with Crippen molar-refractivity contribution < 1.29 is 9.59 Å². The van der Waals surface area contributed by atoms with Crippen molar-refractivity contribution in [2.75, 3.05) is 0 Å². The van der Waals surface area contributed by atoms with Crippen LogP contribution in [0.25, 0.3) is 0 Å². The maximum Gasteiger partial charge on any atom is 0.140 e. The second-order valence-electron chi connectivity index (χ2n) is 15.2. The molecule has 0 N–H and O–H groups in total. The lowest BCUT2D eigenvalue weighted by Gasteiger charge is -2.24. The zero-order valence-electron chi connectivity index (χ0n) is 16.7. The van der Waals surface area contributed by atoms with Crippen LogP contribution in [-0.4, -0.2) is 11.6 Å². The van der Waals surface area contributed by atoms with E-state index < -0.39 is 0 Å². The van der Waals surface area contributed by atoms with Gasteiger partial charge in [0.1, 0.15) is 11.6 Å². The predicted octanol–water partition coefficient (Wildman–Crippen LogP) is 2.40. The van der Waals surface area contributed by atoms with E-state index in [1.165, 1.54) is 0 Å². The predicted molar refractivity (Wildman–Crippen MR) is 101 cm³/mol. The van der Waals surface area contributed by atoms with Crippen molar-refractivity contribution >= 4 is 11.6 Å². The van der Waals surface area contributed by atoms with Crippen LogP contribution in [0.1, 0.15) is 0 Å². The monoisotopic (exact) mass is 392 g/mol. The van der Waals surface area contributed by atoms with Gasteiger partial charge < -0.3 is 0 Å². The van der Waals surface area contributed by atoms with E-state index in [0.717, 1.165) is 130 Å². The molecule has 148 valence electrons. The first kappa shape index (κ1) is 12.9. The van der Waals surface area contributed by atoms with Gasteiger partial charge in [0.05, 0.1) is 0 Å². The van der Waals surface area contributed by atoms with E-state index in [-0.39, 0.29) is 0 Å². The fraction of sp³-hybridized carbons (Fsp3) is 0.857. The lowest BCUT2D eigenvalue weighted by molar-refractivity contribution is -0.123. The first-order valence-corrected chi connectivity index (χ1v) is 13.6. The minimum atomic E-state index is 0.556. The summed E-state index contributed by atoms with van der Waals surface area (Å²) in [5.74, 6) is 22.2. The summed E-state index contributed by atoms with van der Waals surface area (Å²) in [6, 6.07) is 0. The topological polar surface area (TPSA) is 34.1 Å². The average Bonchev–Trinajstić information content (AvgIpc) is 3.48. The van der Waals surface area contributed by atoms with Crippen LogP contribution in [0.15, 0.2) is 11.1 Å². The SMILES string of the molecule is O=C1C2C3C4C1C1C2C2C5C(=C6C7C8C9C%10C(=O)C%11C9C7C7C6C8C%10C%117)C(C32)C4C51. The second-order valence-corrected chi connectivity index (χ2v) is 15.2. The molecule has 16 rings (SSSR count). The number of rotatable bonds is 0. The Kier molecular flexibility index (Phi) is 1.29. The number of allylic oxidation sites excluding steroid dienone is 2. The molecule has 16 aliphatic rings. The Morgan fingerprint density at radius 3 is 0.633 bits per heavy atom. The van der Waals surface area contributed by atoms with Crippen LogP contribution in [0, 0.1) is 142 Å². The molecule has 0 amide bonds. The zero-order chi connectivity index (χ0) is 18.2. The van der Waals surface area contributed by atoms with Crippen LogP contribution in [0.5, 0.6) is 0 Å². The Hall–Kier alpha value is -0.920. The number of carbonyl (C=O) groups is 2. The van der Waals surface area contributed by atoms with Crippen LogP contribution in [0.4, 0.5) is 0 Å². The van der Waals surface area contributed by atoms with Gasteiger partial charge in [-0.25, -0.2) is 0 Å². The fourth-order valence-electron chi connectivity index (χ4n) is 18.7. The van der Waals surface area contributed by atoms with Gasteiger partial charge in [0.25, 0.3) is 0 Å². The molecule has 0 aliphatic heterocycles. The minimum absolute atomic E-state index is 0.556. The lowest BCUT2D eigenvalue weighted by atomic mass is 9.80. The molecule has 16 unspecified atom stereocenters. The van der Waals surface area contributed by atoms with Crippen molar-refractivity contribution in [2.24, 2.45) is 142 Å². The van der Waals surface area contributed by atoms with E-state index in [2.05, 4.69) is 11.1 Å². The minimum Gasteiger partial charge on any atom is -0.299 e.